The molecule has 0 saturated heterocycles. The number of ether oxygens (including phenoxy) is 1. The first-order valence-corrected chi connectivity index (χ1v) is 8.43. The van der Waals surface area contributed by atoms with E-state index in [-0.39, 0.29) is 11.8 Å². The zero-order chi connectivity index (χ0) is 18.7. The van der Waals surface area contributed by atoms with Crippen molar-refractivity contribution in [2.45, 2.75) is 19.3 Å². The number of anilines is 2. The average Bonchev–Trinajstić information content (AvgIpc) is 3.05. The zero-order valence-corrected chi connectivity index (χ0v) is 15.4. The van der Waals surface area contributed by atoms with Crippen molar-refractivity contribution >= 4 is 28.3 Å². The van der Waals surface area contributed by atoms with E-state index in [9.17, 15) is 4.79 Å². The maximum Gasteiger partial charge on any atom is 0.242 e. The second-order valence-electron chi connectivity index (χ2n) is 6.42. The molecule has 1 unspecified atom stereocenters. The first-order valence-electron chi connectivity index (χ1n) is 8.43. The molecule has 0 bridgehead atoms. The summed E-state index contributed by atoms with van der Waals surface area (Å²) in [5.41, 5.74) is 2.68. The van der Waals surface area contributed by atoms with Gasteiger partial charge in [0, 0.05) is 37.6 Å². The summed E-state index contributed by atoms with van der Waals surface area (Å²) in [6.07, 6.45) is 3.73. The fourth-order valence-electron chi connectivity index (χ4n) is 3.04. The highest BCUT2D eigenvalue weighted by Crippen LogP contribution is 2.32. The van der Waals surface area contributed by atoms with Gasteiger partial charge in [0.05, 0.1) is 7.11 Å². The first-order chi connectivity index (χ1) is 12.5. The van der Waals surface area contributed by atoms with Gasteiger partial charge in [-0.3, -0.25) is 4.79 Å². The quantitative estimate of drug-likeness (QED) is 0.711. The lowest BCUT2D eigenvalue weighted by atomic mass is 9.97. The molecule has 1 aromatic carbocycles. The summed E-state index contributed by atoms with van der Waals surface area (Å²) in [6.45, 7) is 2.04. The molecular formula is C19H23N5O2. The van der Waals surface area contributed by atoms with Gasteiger partial charge in [0.2, 0.25) is 11.8 Å². The predicted molar refractivity (Wildman–Crippen MR) is 103 cm³/mol. The summed E-state index contributed by atoms with van der Waals surface area (Å²) in [7, 11) is 5.23. The van der Waals surface area contributed by atoms with Crippen molar-refractivity contribution in [3.05, 3.63) is 42.4 Å². The number of fused-ring (bicyclic) bond motifs is 1. The summed E-state index contributed by atoms with van der Waals surface area (Å²) in [5.74, 6) is 0.894. The van der Waals surface area contributed by atoms with E-state index < -0.39 is 0 Å². The molecule has 0 radical (unpaired) electrons. The molecule has 0 spiro atoms. The van der Waals surface area contributed by atoms with Crippen LogP contribution in [0.1, 0.15) is 24.8 Å². The third-order valence-electron chi connectivity index (χ3n) is 4.32. The minimum absolute atomic E-state index is 0.0598. The Morgan fingerprint density at radius 2 is 2.08 bits per heavy atom. The minimum atomic E-state index is -0.112. The van der Waals surface area contributed by atoms with Gasteiger partial charge in [-0.2, -0.15) is 4.98 Å². The van der Waals surface area contributed by atoms with Gasteiger partial charge in [-0.25, -0.2) is 4.98 Å². The van der Waals surface area contributed by atoms with Gasteiger partial charge in [-0.1, -0.05) is 25.1 Å². The van der Waals surface area contributed by atoms with Crippen molar-refractivity contribution in [3.63, 3.8) is 0 Å². The second kappa shape index (κ2) is 7.43. The Kier molecular flexibility index (Phi) is 5.06. The number of aromatic amines is 1. The van der Waals surface area contributed by atoms with Gasteiger partial charge in [-0.15, -0.1) is 0 Å². The van der Waals surface area contributed by atoms with Crippen molar-refractivity contribution in [1.82, 2.24) is 15.0 Å². The molecule has 7 heteroatoms. The van der Waals surface area contributed by atoms with Crippen LogP contribution in [0.4, 0.5) is 11.5 Å². The second-order valence-corrected chi connectivity index (χ2v) is 6.42. The Labute approximate surface area is 152 Å². The van der Waals surface area contributed by atoms with E-state index in [1.807, 2.05) is 50.3 Å². The van der Waals surface area contributed by atoms with Crippen LogP contribution in [-0.2, 0) is 4.79 Å². The van der Waals surface area contributed by atoms with Crippen LogP contribution < -0.4 is 15.0 Å². The molecule has 0 aliphatic rings. The van der Waals surface area contributed by atoms with Gasteiger partial charge < -0.3 is 19.9 Å². The minimum Gasteiger partial charge on any atom is -0.479 e. The number of carbonyl (C=O) groups excluding carboxylic acids is 1. The van der Waals surface area contributed by atoms with E-state index in [0.29, 0.717) is 23.8 Å². The third-order valence-corrected chi connectivity index (χ3v) is 4.32. The molecule has 0 saturated carbocycles. The molecule has 2 N–H and O–H groups in total. The lowest BCUT2D eigenvalue weighted by Gasteiger charge is -2.18. The van der Waals surface area contributed by atoms with Gasteiger partial charge in [0.1, 0.15) is 12.0 Å². The summed E-state index contributed by atoms with van der Waals surface area (Å²) in [4.78, 5) is 26.0. The zero-order valence-electron chi connectivity index (χ0n) is 15.4. The molecule has 26 heavy (non-hydrogen) atoms. The number of hydrogen-bond acceptors (Lipinski definition) is 5. The smallest absolute Gasteiger partial charge is 0.242 e. The normalized spacial score (nSPS) is 12.0. The summed E-state index contributed by atoms with van der Waals surface area (Å²) >= 11 is 0. The number of nitrogens with one attached hydrogen (secondary N) is 2. The molecule has 0 aliphatic carbocycles. The van der Waals surface area contributed by atoms with Crippen LogP contribution >= 0.6 is 0 Å². The Bertz CT molecular complexity index is 919. The fraction of sp³-hybridized carbons (Fsp3) is 0.316. The number of H-pyrrole nitrogens is 1. The molecule has 0 fully saturated rings. The van der Waals surface area contributed by atoms with Crippen molar-refractivity contribution in [1.29, 1.82) is 0 Å². The first kappa shape index (κ1) is 17.7. The monoisotopic (exact) mass is 353 g/mol. The third kappa shape index (κ3) is 3.46. The Morgan fingerprint density at radius 1 is 1.31 bits per heavy atom. The molecule has 1 amide bonds. The predicted octanol–water partition coefficient (Wildman–Crippen LogP) is 3.16. The lowest BCUT2D eigenvalue weighted by molar-refractivity contribution is -0.116. The molecule has 0 aliphatic heterocycles. The number of amides is 1. The highest BCUT2D eigenvalue weighted by atomic mass is 16.5. The number of nitrogens with zero attached hydrogens (tertiary/aromatic N) is 3. The maximum atomic E-state index is 12.6. The highest BCUT2D eigenvalue weighted by Gasteiger charge is 2.19. The van der Waals surface area contributed by atoms with Crippen LogP contribution in [0.15, 0.2) is 36.8 Å². The van der Waals surface area contributed by atoms with E-state index in [1.54, 1.807) is 0 Å². The van der Waals surface area contributed by atoms with Gasteiger partial charge >= 0.3 is 0 Å². The number of para-hydroxylation sites is 1. The summed E-state index contributed by atoms with van der Waals surface area (Å²) in [5, 5.41) is 4.05. The van der Waals surface area contributed by atoms with E-state index in [1.165, 1.54) is 13.4 Å². The molecule has 3 rings (SSSR count). The maximum absolute atomic E-state index is 12.6. The molecule has 3 aromatic rings. The van der Waals surface area contributed by atoms with Crippen molar-refractivity contribution in [3.8, 4) is 5.88 Å². The van der Waals surface area contributed by atoms with Crippen molar-refractivity contribution < 1.29 is 9.53 Å². The van der Waals surface area contributed by atoms with Crippen LogP contribution in [-0.4, -0.2) is 42.1 Å². The number of carbonyl (C=O) groups is 1. The summed E-state index contributed by atoms with van der Waals surface area (Å²) in [6, 6.07) is 8.08. The topological polar surface area (TPSA) is 83.1 Å². The lowest BCUT2D eigenvalue weighted by Crippen LogP contribution is -2.20. The average molecular weight is 353 g/mol. The van der Waals surface area contributed by atoms with Crippen LogP contribution in [0.2, 0.25) is 0 Å². The number of hydrogen-bond donors (Lipinski definition) is 2. The molecule has 7 nitrogen and oxygen atoms in total. The Morgan fingerprint density at radius 3 is 2.81 bits per heavy atom. The molecule has 2 aromatic heterocycles. The van der Waals surface area contributed by atoms with E-state index in [2.05, 4.69) is 26.3 Å². The van der Waals surface area contributed by atoms with Crippen LogP contribution in [0, 0.1) is 0 Å². The SMILES string of the molecule is COc1ncnc(N(C)C)c1NC(=O)CC(C)c1c[nH]c2ccccc12. The molecule has 136 valence electrons. The van der Waals surface area contributed by atoms with Crippen molar-refractivity contribution in [2.75, 3.05) is 31.4 Å². The number of rotatable bonds is 6. The van der Waals surface area contributed by atoms with Gasteiger partial charge in [0.15, 0.2) is 5.82 Å². The van der Waals surface area contributed by atoms with Crippen LogP contribution in [0.25, 0.3) is 10.9 Å². The fourth-order valence-corrected chi connectivity index (χ4v) is 3.04. The number of benzene rings is 1. The summed E-state index contributed by atoms with van der Waals surface area (Å²) < 4.78 is 5.27. The van der Waals surface area contributed by atoms with E-state index >= 15 is 0 Å². The molecule has 2 heterocycles. The van der Waals surface area contributed by atoms with E-state index in [0.717, 1.165) is 16.5 Å². The Balaban J connectivity index is 1.79. The highest BCUT2D eigenvalue weighted by molar-refractivity contribution is 5.96. The Hall–Kier alpha value is -3.09. The number of aromatic nitrogens is 3. The van der Waals surface area contributed by atoms with E-state index in [4.69, 9.17) is 4.74 Å². The molecular weight excluding hydrogens is 330 g/mol. The van der Waals surface area contributed by atoms with Crippen molar-refractivity contribution in [2.24, 2.45) is 0 Å². The van der Waals surface area contributed by atoms with Crippen LogP contribution in [0.3, 0.4) is 0 Å². The van der Waals surface area contributed by atoms with Crippen LogP contribution in [0.5, 0.6) is 5.88 Å². The number of methoxy groups -OCH3 is 1. The standard InChI is InChI=1S/C19H23N5O2/c1-12(14-10-20-15-8-6-5-7-13(14)15)9-16(25)23-17-18(24(2)3)21-11-22-19(17)26-4/h5-8,10-12,20H,9H2,1-4H3,(H,23,25). The van der Waals surface area contributed by atoms with Gasteiger partial charge in [-0.05, 0) is 17.5 Å². The largest absolute Gasteiger partial charge is 0.479 e. The molecule has 1 atom stereocenters. The van der Waals surface area contributed by atoms with Gasteiger partial charge in [0.25, 0.3) is 0 Å².